The van der Waals surface area contributed by atoms with Gasteiger partial charge >= 0.3 is 0 Å². The van der Waals surface area contributed by atoms with E-state index >= 15 is 0 Å². The summed E-state index contributed by atoms with van der Waals surface area (Å²) in [5.41, 5.74) is 0. The minimum atomic E-state index is 0.263. The first-order chi connectivity index (χ1) is 6.34. The van der Waals surface area contributed by atoms with Crippen molar-refractivity contribution in [2.45, 2.75) is 12.8 Å². The average molecular weight is 202 g/mol. The summed E-state index contributed by atoms with van der Waals surface area (Å²) in [5.74, 6) is 1.41. The van der Waals surface area contributed by atoms with Crippen molar-refractivity contribution >= 4 is 17.7 Å². The number of hydrogen-bond acceptors (Lipinski definition) is 3. The number of nitrogens with zero attached hydrogens (tertiary/aromatic N) is 1. The van der Waals surface area contributed by atoms with Crippen molar-refractivity contribution < 1.29 is 4.79 Å². The van der Waals surface area contributed by atoms with Crippen molar-refractivity contribution in [3.8, 4) is 0 Å². The van der Waals surface area contributed by atoms with Crippen LogP contribution in [0.1, 0.15) is 12.8 Å². The fourth-order valence-electron chi connectivity index (χ4n) is 1.46. The maximum atomic E-state index is 11.5. The molecule has 1 rings (SSSR count). The van der Waals surface area contributed by atoms with Gasteiger partial charge < -0.3 is 10.2 Å². The second-order valence-corrected chi connectivity index (χ2v) is 4.24. The summed E-state index contributed by atoms with van der Waals surface area (Å²) in [6.07, 6.45) is 4.31. The van der Waals surface area contributed by atoms with Gasteiger partial charge in [0.2, 0.25) is 5.91 Å². The molecular weight excluding hydrogens is 184 g/mol. The van der Waals surface area contributed by atoms with Gasteiger partial charge in [0.25, 0.3) is 0 Å². The summed E-state index contributed by atoms with van der Waals surface area (Å²) in [4.78, 5) is 13.4. The molecule has 0 aromatic carbocycles. The van der Waals surface area contributed by atoms with Crippen LogP contribution in [0, 0.1) is 0 Å². The molecule has 0 radical (unpaired) electrons. The van der Waals surface area contributed by atoms with Crippen molar-refractivity contribution in [2.24, 2.45) is 0 Å². The monoisotopic (exact) mass is 202 g/mol. The second kappa shape index (κ2) is 6.27. The fourth-order valence-corrected chi connectivity index (χ4v) is 1.88. The van der Waals surface area contributed by atoms with Crippen LogP contribution in [0.4, 0.5) is 0 Å². The Morgan fingerprint density at radius 1 is 1.62 bits per heavy atom. The third-order valence-corrected chi connectivity index (χ3v) is 2.88. The summed E-state index contributed by atoms with van der Waals surface area (Å²) in [5, 5.41) is 3.12. The van der Waals surface area contributed by atoms with Crippen LogP contribution >= 0.6 is 11.8 Å². The van der Waals surface area contributed by atoms with E-state index in [1.165, 1.54) is 0 Å². The highest BCUT2D eigenvalue weighted by Gasteiger charge is 2.14. The third-order valence-electron chi connectivity index (χ3n) is 2.19. The predicted octanol–water partition coefficient (Wildman–Crippen LogP) is 0.561. The van der Waals surface area contributed by atoms with E-state index in [9.17, 15) is 4.79 Å². The number of amides is 1. The zero-order valence-corrected chi connectivity index (χ0v) is 9.03. The van der Waals surface area contributed by atoms with E-state index in [0.29, 0.717) is 6.54 Å². The highest BCUT2D eigenvalue weighted by Crippen LogP contribution is 2.01. The summed E-state index contributed by atoms with van der Waals surface area (Å²) in [6.45, 7) is 3.37. The van der Waals surface area contributed by atoms with E-state index < -0.39 is 0 Å². The Balaban J connectivity index is 2.24. The topological polar surface area (TPSA) is 32.3 Å². The zero-order valence-electron chi connectivity index (χ0n) is 8.21. The van der Waals surface area contributed by atoms with Crippen LogP contribution in [0.3, 0.4) is 0 Å². The number of hydrogen-bond donors (Lipinski definition) is 1. The first-order valence-electron chi connectivity index (χ1n) is 4.82. The van der Waals surface area contributed by atoms with E-state index in [1.54, 1.807) is 0 Å². The van der Waals surface area contributed by atoms with Crippen LogP contribution in [0.5, 0.6) is 0 Å². The number of nitrogens with one attached hydrogen (secondary N) is 1. The van der Waals surface area contributed by atoms with Gasteiger partial charge in [0, 0.05) is 13.1 Å². The molecular formula is C9H18N2OS. The Labute approximate surface area is 84.2 Å². The molecule has 1 N–H and O–H groups in total. The second-order valence-electron chi connectivity index (χ2n) is 3.26. The summed E-state index contributed by atoms with van der Waals surface area (Å²) in [6, 6.07) is 0. The molecule has 1 heterocycles. The molecule has 1 amide bonds. The van der Waals surface area contributed by atoms with Gasteiger partial charge in [0.05, 0.1) is 6.54 Å². The van der Waals surface area contributed by atoms with E-state index in [4.69, 9.17) is 0 Å². The van der Waals surface area contributed by atoms with Gasteiger partial charge in [0.1, 0.15) is 0 Å². The van der Waals surface area contributed by atoms with Crippen molar-refractivity contribution in [3.05, 3.63) is 0 Å². The fraction of sp³-hybridized carbons (Fsp3) is 0.889. The molecule has 4 heteroatoms. The SMILES string of the molecule is CSCCCN1CCCNCC1=O. The van der Waals surface area contributed by atoms with Crippen LogP contribution in [-0.2, 0) is 4.79 Å². The molecule has 3 nitrogen and oxygen atoms in total. The van der Waals surface area contributed by atoms with Gasteiger partial charge in [-0.05, 0) is 31.4 Å². The lowest BCUT2D eigenvalue weighted by molar-refractivity contribution is -0.129. The van der Waals surface area contributed by atoms with Crippen LogP contribution in [-0.4, -0.2) is 49.0 Å². The van der Waals surface area contributed by atoms with Crippen molar-refractivity contribution in [1.29, 1.82) is 0 Å². The first kappa shape index (κ1) is 10.9. The summed E-state index contributed by atoms with van der Waals surface area (Å²) < 4.78 is 0. The smallest absolute Gasteiger partial charge is 0.236 e. The van der Waals surface area contributed by atoms with Crippen LogP contribution in [0.15, 0.2) is 0 Å². The summed E-state index contributed by atoms with van der Waals surface area (Å²) in [7, 11) is 0. The Bertz CT molecular complexity index is 164. The van der Waals surface area contributed by atoms with E-state index in [-0.39, 0.29) is 5.91 Å². The van der Waals surface area contributed by atoms with Gasteiger partial charge in [-0.15, -0.1) is 0 Å². The average Bonchev–Trinajstić information content (AvgIpc) is 2.32. The largest absolute Gasteiger partial charge is 0.342 e. The maximum Gasteiger partial charge on any atom is 0.236 e. The van der Waals surface area contributed by atoms with E-state index in [1.807, 2.05) is 16.7 Å². The van der Waals surface area contributed by atoms with Gasteiger partial charge in [-0.25, -0.2) is 0 Å². The Kier molecular flexibility index (Phi) is 5.23. The third kappa shape index (κ3) is 4.00. The molecule has 0 spiro atoms. The number of thioether (sulfide) groups is 1. The van der Waals surface area contributed by atoms with Crippen LogP contribution < -0.4 is 5.32 Å². The highest BCUT2D eigenvalue weighted by atomic mass is 32.2. The lowest BCUT2D eigenvalue weighted by Gasteiger charge is -2.19. The highest BCUT2D eigenvalue weighted by molar-refractivity contribution is 7.98. The van der Waals surface area contributed by atoms with Crippen molar-refractivity contribution in [3.63, 3.8) is 0 Å². The van der Waals surface area contributed by atoms with E-state index in [2.05, 4.69) is 11.6 Å². The quantitative estimate of drug-likeness (QED) is 0.676. The molecule has 0 atom stereocenters. The first-order valence-corrected chi connectivity index (χ1v) is 6.21. The van der Waals surface area contributed by atoms with E-state index in [0.717, 1.165) is 38.2 Å². The molecule has 76 valence electrons. The Morgan fingerprint density at radius 2 is 2.46 bits per heavy atom. The number of carbonyl (C=O) groups is 1. The normalized spacial score (nSPS) is 18.8. The molecule has 1 fully saturated rings. The minimum Gasteiger partial charge on any atom is -0.342 e. The van der Waals surface area contributed by atoms with Gasteiger partial charge in [-0.1, -0.05) is 0 Å². The molecule has 1 aliphatic rings. The molecule has 0 aromatic heterocycles. The number of carbonyl (C=O) groups excluding carboxylic acids is 1. The lowest BCUT2D eigenvalue weighted by atomic mass is 10.3. The van der Waals surface area contributed by atoms with Gasteiger partial charge in [-0.3, -0.25) is 4.79 Å². The van der Waals surface area contributed by atoms with Gasteiger partial charge in [0.15, 0.2) is 0 Å². The van der Waals surface area contributed by atoms with Crippen LogP contribution in [0.25, 0.3) is 0 Å². The minimum absolute atomic E-state index is 0.263. The molecule has 0 aliphatic carbocycles. The van der Waals surface area contributed by atoms with Crippen molar-refractivity contribution in [2.75, 3.05) is 38.2 Å². The zero-order chi connectivity index (χ0) is 9.52. The molecule has 1 aliphatic heterocycles. The lowest BCUT2D eigenvalue weighted by Crippen LogP contribution is -2.35. The Morgan fingerprint density at radius 3 is 3.23 bits per heavy atom. The molecule has 0 unspecified atom stereocenters. The summed E-state index contributed by atoms with van der Waals surface area (Å²) >= 11 is 1.84. The molecule has 0 saturated carbocycles. The molecule has 0 bridgehead atoms. The Hall–Kier alpha value is -0.220. The van der Waals surface area contributed by atoms with Crippen LogP contribution in [0.2, 0.25) is 0 Å². The standard InChI is InChI=1S/C9H18N2OS/c1-13-7-3-6-11-5-2-4-10-8-9(11)12/h10H,2-8H2,1H3. The molecule has 1 saturated heterocycles. The van der Waals surface area contributed by atoms with Gasteiger partial charge in [-0.2, -0.15) is 11.8 Å². The maximum absolute atomic E-state index is 11.5. The van der Waals surface area contributed by atoms with Crippen molar-refractivity contribution in [1.82, 2.24) is 10.2 Å². The predicted molar refractivity (Wildman–Crippen MR) is 57.1 cm³/mol. The number of rotatable bonds is 4. The molecule has 13 heavy (non-hydrogen) atoms. The molecule has 0 aromatic rings.